The molecule has 0 aliphatic heterocycles. The minimum absolute atomic E-state index is 0.0682. The number of rotatable bonds is 6. The van der Waals surface area contributed by atoms with Crippen molar-refractivity contribution >= 4 is 11.9 Å². The lowest BCUT2D eigenvalue weighted by atomic mass is 10.1. The third-order valence-corrected chi connectivity index (χ3v) is 3.29. The molecule has 0 unspecified atom stereocenters. The predicted octanol–water partition coefficient (Wildman–Crippen LogP) is 2.90. The summed E-state index contributed by atoms with van der Waals surface area (Å²) in [6.07, 6.45) is 1.24. The molecule has 0 fully saturated rings. The summed E-state index contributed by atoms with van der Waals surface area (Å²) in [5.74, 6) is -5.79. The number of nitrogens with zero attached hydrogens (tertiary/aromatic N) is 1. The van der Waals surface area contributed by atoms with Gasteiger partial charge in [0.15, 0.2) is 17.5 Å². The molecule has 0 aliphatic carbocycles. The van der Waals surface area contributed by atoms with Gasteiger partial charge in [-0.3, -0.25) is 9.59 Å². The second-order valence-corrected chi connectivity index (χ2v) is 4.86. The highest BCUT2D eigenvalue weighted by Crippen LogP contribution is 2.18. The molecule has 1 amide bonds. The number of furan rings is 1. The number of hydrogen-bond acceptors (Lipinski definition) is 4. The molecular formula is C16H14F3NO4. The van der Waals surface area contributed by atoms with Crippen LogP contribution in [0.3, 0.4) is 0 Å². The average Bonchev–Trinajstić information content (AvgIpc) is 3.08. The monoisotopic (exact) mass is 341 g/mol. The molecule has 0 radical (unpaired) electrons. The number of halogens is 3. The summed E-state index contributed by atoms with van der Waals surface area (Å²) in [5.41, 5.74) is -0.634. The summed E-state index contributed by atoms with van der Waals surface area (Å²) in [6.45, 7) is -0.175. The van der Waals surface area contributed by atoms with Crippen LogP contribution in [0.25, 0.3) is 0 Å². The number of carbonyl (C=O) groups excluding carboxylic acids is 2. The zero-order chi connectivity index (χ0) is 17.7. The highest BCUT2D eigenvalue weighted by atomic mass is 19.2. The number of methoxy groups -OCH3 is 1. The lowest BCUT2D eigenvalue weighted by Gasteiger charge is -2.21. The summed E-state index contributed by atoms with van der Waals surface area (Å²) >= 11 is 0. The normalized spacial score (nSPS) is 10.5. The van der Waals surface area contributed by atoms with Crippen molar-refractivity contribution in [2.24, 2.45) is 0 Å². The first-order valence-electron chi connectivity index (χ1n) is 6.96. The minimum Gasteiger partial charge on any atom is -0.469 e. The standard InChI is InChI=1S/C16H14F3NO4/c1-23-13(21)6-7-20(9-10-3-2-8-24-10)16(22)11-4-5-12(17)15(19)14(11)18/h2-5,8H,6-7,9H2,1H3. The van der Waals surface area contributed by atoms with E-state index in [0.29, 0.717) is 11.8 Å². The van der Waals surface area contributed by atoms with Crippen molar-refractivity contribution in [3.05, 3.63) is 59.3 Å². The van der Waals surface area contributed by atoms with Crippen LogP contribution in [-0.4, -0.2) is 30.4 Å². The van der Waals surface area contributed by atoms with Crippen molar-refractivity contribution in [2.75, 3.05) is 13.7 Å². The third-order valence-electron chi connectivity index (χ3n) is 3.29. The van der Waals surface area contributed by atoms with E-state index in [1.807, 2.05) is 0 Å². The highest BCUT2D eigenvalue weighted by molar-refractivity contribution is 5.94. The van der Waals surface area contributed by atoms with E-state index in [9.17, 15) is 22.8 Å². The van der Waals surface area contributed by atoms with Crippen LogP contribution in [0.5, 0.6) is 0 Å². The largest absolute Gasteiger partial charge is 0.469 e. The Labute approximate surface area is 135 Å². The number of esters is 1. The lowest BCUT2D eigenvalue weighted by molar-refractivity contribution is -0.140. The molecule has 0 N–H and O–H groups in total. The van der Waals surface area contributed by atoms with Crippen LogP contribution in [0.1, 0.15) is 22.5 Å². The minimum atomic E-state index is -1.73. The molecule has 5 nitrogen and oxygen atoms in total. The van der Waals surface area contributed by atoms with Gasteiger partial charge >= 0.3 is 5.97 Å². The summed E-state index contributed by atoms with van der Waals surface area (Å²) in [5, 5.41) is 0. The summed E-state index contributed by atoms with van der Waals surface area (Å²) < 4.78 is 49.8. The first-order chi connectivity index (χ1) is 11.4. The van der Waals surface area contributed by atoms with Crippen molar-refractivity contribution in [2.45, 2.75) is 13.0 Å². The van der Waals surface area contributed by atoms with Gasteiger partial charge in [0.2, 0.25) is 0 Å². The fraction of sp³-hybridized carbons (Fsp3) is 0.250. The van der Waals surface area contributed by atoms with Crippen LogP contribution in [0.2, 0.25) is 0 Å². The Morgan fingerprint density at radius 3 is 2.54 bits per heavy atom. The van der Waals surface area contributed by atoms with E-state index in [4.69, 9.17) is 4.42 Å². The number of carbonyl (C=O) groups is 2. The van der Waals surface area contributed by atoms with E-state index in [1.54, 1.807) is 12.1 Å². The molecule has 0 atom stereocenters. The van der Waals surface area contributed by atoms with E-state index < -0.39 is 34.9 Å². The van der Waals surface area contributed by atoms with Gasteiger partial charge in [0.25, 0.3) is 5.91 Å². The molecule has 2 rings (SSSR count). The average molecular weight is 341 g/mol. The van der Waals surface area contributed by atoms with Crippen LogP contribution in [0.4, 0.5) is 13.2 Å². The van der Waals surface area contributed by atoms with Crippen LogP contribution >= 0.6 is 0 Å². The summed E-state index contributed by atoms with van der Waals surface area (Å²) in [6, 6.07) is 4.69. The second kappa shape index (κ2) is 7.67. The number of benzene rings is 1. The smallest absolute Gasteiger partial charge is 0.307 e. The molecule has 0 saturated carbocycles. The second-order valence-electron chi connectivity index (χ2n) is 4.86. The fourth-order valence-electron chi connectivity index (χ4n) is 2.03. The SMILES string of the molecule is COC(=O)CCN(Cc1ccco1)C(=O)c1ccc(F)c(F)c1F. The summed E-state index contributed by atoms with van der Waals surface area (Å²) in [7, 11) is 1.19. The molecule has 0 saturated heterocycles. The Bertz CT molecular complexity index is 731. The molecule has 24 heavy (non-hydrogen) atoms. The van der Waals surface area contributed by atoms with E-state index in [2.05, 4.69) is 4.74 Å². The molecule has 8 heteroatoms. The lowest BCUT2D eigenvalue weighted by Crippen LogP contribution is -2.33. The third kappa shape index (κ3) is 3.95. The molecule has 1 aromatic carbocycles. The molecule has 1 aromatic heterocycles. The van der Waals surface area contributed by atoms with Crippen LogP contribution in [-0.2, 0) is 16.1 Å². The first kappa shape index (κ1) is 17.6. The van der Waals surface area contributed by atoms with Crippen molar-refractivity contribution in [3.63, 3.8) is 0 Å². The molecule has 0 spiro atoms. The zero-order valence-corrected chi connectivity index (χ0v) is 12.7. The predicted molar refractivity (Wildman–Crippen MR) is 76.4 cm³/mol. The van der Waals surface area contributed by atoms with E-state index in [1.165, 1.54) is 13.4 Å². The first-order valence-corrected chi connectivity index (χ1v) is 6.96. The van der Waals surface area contributed by atoms with Crippen molar-refractivity contribution in [1.29, 1.82) is 0 Å². The maximum Gasteiger partial charge on any atom is 0.307 e. The van der Waals surface area contributed by atoms with Crippen molar-refractivity contribution < 1.29 is 31.9 Å². The van der Waals surface area contributed by atoms with Gasteiger partial charge in [-0.15, -0.1) is 0 Å². The van der Waals surface area contributed by atoms with Gasteiger partial charge in [-0.2, -0.15) is 0 Å². The maximum atomic E-state index is 13.8. The van der Waals surface area contributed by atoms with Crippen LogP contribution < -0.4 is 0 Å². The van der Waals surface area contributed by atoms with Crippen molar-refractivity contribution in [3.8, 4) is 0 Å². The maximum absolute atomic E-state index is 13.8. The highest BCUT2D eigenvalue weighted by Gasteiger charge is 2.24. The van der Waals surface area contributed by atoms with E-state index in [-0.39, 0.29) is 19.5 Å². The number of ether oxygens (including phenoxy) is 1. The van der Waals surface area contributed by atoms with Crippen LogP contribution in [0, 0.1) is 17.5 Å². The fourth-order valence-corrected chi connectivity index (χ4v) is 2.03. The van der Waals surface area contributed by atoms with Gasteiger partial charge in [0.1, 0.15) is 5.76 Å². The Balaban J connectivity index is 2.26. The Morgan fingerprint density at radius 1 is 1.17 bits per heavy atom. The molecule has 128 valence electrons. The Hall–Kier alpha value is -2.77. The Kier molecular flexibility index (Phi) is 5.62. The molecular weight excluding hydrogens is 327 g/mol. The molecule has 2 aromatic rings. The van der Waals surface area contributed by atoms with Crippen LogP contribution in [0.15, 0.2) is 34.9 Å². The Morgan fingerprint density at radius 2 is 1.92 bits per heavy atom. The van der Waals surface area contributed by atoms with Gasteiger partial charge < -0.3 is 14.1 Å². The van der Waals surface area contributed by atoms with Gasteiger partial charge in [-0.05, 0) is 24.3 Å². The van der Waals surface area contributed by atoms with E-state index >= 15 is 0 Å². The number of hydrogen-bond donors (Lipinski definition) is 0. The van der Waals surface area contributed by atoms with E-state index in [0.717, 1.165) is 11.0 Å². The van der Waals surface area contributed by atoms with Gasteiger partial charge in [0.05, 0.1) is 31.9 Å². The van der Waals surface area contributed by atoms with Gasteiger partial charge in [0, 0.05) is 6.54 Å². The van der Waals surface area contributed by atoms with Gasteiger partial charge in [-0.25, -0.2) is 13.2 Å². The molecule has 1 heterocycles. The molecule has 0 aliphatic rings. The van der Waals surface area contributed by atoms with Gasteiger partial charge in [-0.1, -0.05) is 0 Å². The quantitative estimate of drug-likeness (QED) is 0.599. The zero-order valence-electron chi connectivity index (χ0n) is 12.7. The van der Waals surface area contributed by atoms with Crippen molar-refractivity contribution in [1.82, 2.24) is 4.90 Å². The summed E-state index contributed by atoms with van der Waals surface area (Å²) in [4.78, 5) is 24.8. The topological polar surface area (TPSA) is 59.8 Å². The molecule has 0 bridgehead atoms. The number of amides is 1.